The van der Waals surface area contributed by atoms with Crippen molar-refractivity contribution < 1.29 is 19.4 Å². The number of carbonyl (C=O) groups excluding carboxylic acids is 1. The molecular formula is C18H22O4S. The third kappa shape index (κ3) is 7.10. The summed E-state index contributed by atoms with van der Waals surface area (Å²) in [6, 6.07) is 9.85. The molecule has 4 nitrogen and oxygen atoms in total. The quantitative estimate of drug-likeness (QED) is 0.257. The smallest absolute Gasteiger partial charge is 0.333 e. The van der Waals surface area contributed by atoms with Gasteiger partial charge in [0.15, 0.2) is 5.76 Å². The van der Waals surface area contributed by atoms with E-state index in [2.05, 4.69) is 0 Å². The third-order valence-electron chi connectivity index (χ3n) is 2.99. The van der Waals surface area contributed by atoms with E-state index in [-0.39, 0.29) is 10.8 Å². The average Bonchev–Trinajstić information content (AvgIpc) is 2.56. The van der Waals surface area contributed by atoms with Crippen LogP contribution in [0.3, 0.4) is 0 Å². The van der Waals surface area contributed by atoms with Gasteiger partial charge in [0.1, 0.15) is 0 Å². The fourth-order valence-corrected chi connectivity index (χ4v) is 2.04. The molecule has 0 aromatic heterocycles. The number of aliphatic hydroxyl groups is 1. The molecule has 5 heteroatoms. The van der Waals surface area contributed by atoms with Crippen LogP contribution in [0.5, 0.6) is 0 Å². The Labute approximate surface area is 142 Å². The lowest BCUT2D eigenvalue weighted by Crippen LogP contribution is -2.09. The molecule has 0 heterocycles. The average molecular weight is 334 g/mol. The van der Waals surface area contributed by atoms with Gasteiger partial charge in [-0.05, 0) is 56.6 Å². The van der Waals surface area contributed by atoms with Crippen LogP contribution < -0.4 is 0 Å². The highest BCUT2D eigenvalue weighted by atomic mass is 32.1. The lowest BCUT2D eigenvalue weighted by molar-refractivity contribution is -0.138. The number of allylic oxidation sites excluding steroid dienone is 2. The number of thiocarbonyl (C=S) groups is 1. The monoisotopic (exact) mass is 334 g/mol. The predicted octanol–water partition coefficient (Wildman–Crippen LogP) is 3.91. The molecule has 23 heavy (non-hydrogen) atoms. The van der Waals surface area contributed by atoms with Crippen LogP contribution in [-0.4, -0.2) is 29.3 Å². The summed E-state index contributed by atoms with van der Waals surface area (Å²) in [6.45, 7) is 4.21. The largest absolute Gasteiger partial charge is 0.504 e. The highest BCUT2D eigenvalue weighted by molar-refractivity contribution is 7.80. The first-order chi connectivity index (χ1) is 11.1. The van der Waals surface area contributed by atoms with E-state index in [9.17, 15) is 9.90 Å². The van der Waals surface area contributed by atoms with Gasteiger partial charge < -0.3 is 14.6 Å². The van der Waals surface area contributed by atoms with Crippen LogP contribution in [0, 0.1) is 0 Å². The van der Waals surface area contributed by atoms with Crippen molar-refractivity contribution in [3.8, 4) is 0 Å². The van der Waals surface area contributed by atoms with Crippen molar-refractivity contribution in [2.75, 3.05) is 13.2 Å². The number of rotatable bonds is 8. The van der Waals surface area contributed by atoms with Gasteiger partial charge in [-0.15, -0.1) is 0 Å². The number of ether oxygens (including phenoxy) is 2. The van der Waals surface area contributed by atoms with Crippen molar-refractivity contribution in [1.82, 2.24) is 0 Å². The minimum absolute atomic E-state index is 0.00928. The minimum Gasteiger partial charge on any atom is -0.504 e. The molecule has 0 unspecified atom stereocenters. The molecule has 0 aliphatic carbocycles. The van der Waals surface area contributed by atoms with E-state index in [1.54, 1.807) is 13.8 Å². The Kier molecular flexibility index (Phi) is 8.68. The maximum atomic E-state index is 12.0. The van der Waals surface area contributed by atoms with Gasteiger partial charge in [0, 0.05) is 5.57 Å². The summed E-state index contributed by atoms with van der Waals surface area (Å²) in [4.78, 5) is 12.0. The van der Waals surface area contributed by atoms with Gasteiger partial charge in [-0.2, -0.15) is 0 Å². The molecule has 1 aromatic carbocycles. The maximum absolute atomic E-state index is 12.0. The molecule has 1 aromatic rings. The molecule has 0 fully saturated rings. The van der Waals surface area contributed by atoms with Crippen LogP contribution in [0.15, 0.2) is 53.8 Å². The van der Waals surface area contributed by atoms with E-state index >= 15 is 0 Å². The maximum Gasteiger partial charge on any atom is 0.333 e. The van der Waals surface area contributed by atoms with E-state index in [1.165, 1.54) is 12.2 Å². The number of esters is 1. The second-order valence-corrected chi connectivity index (χ2v) is 5.04. The third-order valence-corrected chi connectivity index (χ3v) is 3.32. The number of benzene rings is 1. The van der Waals surface area contributed by atoms with Crippen molar-refractivity contribution in [1.29, 1.82) is 0 Å². The minimum atomic E-state index is -0.394. The van der Waals surface area contributed by atoms with E-state index in [0.29, 0.717) is 31.6 Å². The summed E-state index contributed by atoms with van der Waals surface area (Å²) < 4.78 is 10.1. The molecule has 0 aliphatic rings. The molecule has 0 atom stereocenters. The van der Waals surface area contributed by atoms with Crippen LogP contribution in [0.1, 0.15) is 25.8 Å². The van der Waals surface area contributed by atoms with Gasteiger partial charge in [-0.25, -0.2) is 4.79 Å². The van der Waals surface area contributed by atoms with Crippen LogP contribution >= 0.6 is 12.2 Å². The Bertz CT molecular complexity index is 576. The fourth-order valence-electron chi connectivity index (χ4n) is 1.85. The van der Waals surface area contributed by atoms with Crippen LogP contribution in [0.2, 0.25) is 0 Å². The summed E-state index contributed by atoms with van der Waals surface area (Å²) in [7, 11) is 0. The Hall–Kier alpha value is -2.14. The van der Waals surface area contributed by atoms with Gasteiger partial charge in [-0.3, -0.25) is 0 Å². The van der Waals surface area contributed by atoms with Gasteiger partial charge in [0.05, 0.1) is 13.2 Å². The number of aryl methyl sites for hydroxylation is 1. The number of hydrogen-bond acceptors (Lipinski definition) is 5. The first-order valence-electron chi connectivity index (χ1n) is 7.56. The van der Waals surface area contributed by atoms with Crippen molar-refractivity contribution >= 4 is 23.2 Å². The molecule has 0 spiro atoms. The van der Waals surface area contributed by atoms with Crippen molar-refractivity contribution in [2.24, 2.45) is 0 Å². The van der Waals surface area contributed by atoms with Gasteiger partial charge in [0.2, 0.25) is 5.05 Å². The molecule has 1 N–H and O–H groups in total. The van der Waals surface area contributed by atoms with E-state index in [0.717, 1.165) is 5.56 Å². The first kappa shape index (κ1) is 18.9. The summed E-state index contributed by atoms with van der Waals surface area (Å²) in [5, 5.41) is 9.80. The Morgan fingerprint density at radius 1 is 1.13 bits per heavy atom. The van der Waals surface area contributed by atoms with Crippen molar-refractivity contribution in [3.05, 3.63) is 59.4 Å². The normalized spacial score (nSPS) is 11.9. The lowest BCUT2D eigenvalue weighted by atomic mass is 10.0. The number of carbonyl (C=O) groups is 1. The van der Waals surface area contributed by atoms with Gasteiger partial charge in [-0.1, -0.05) is 30.3 Å². The number of aliphatic hydroxyl groups excluding tert-OH is 1. The van der Waals surface area contributed by atoms with E-state index < -0.39 is 5.97 Å². The molecule has 0 aliphatic heterocycles. The molecule has 0 saturated heterocycles. The zero-order valence-corrected chi connectivity index (χ0v) is 14.3. The van der Waals surface area contributed by atoms with Crippen LogP contribution in [0.25, 0.3) is 0 Å². The highest BCUT2D eigenvalue weighted by Crippen LogP contribution is 2.12. The molecule has 0 saturated carbocycles. The molecule has 0 bridgehead atoms. The van der Waals surface area contributed by atoms with Crippen LogP contribution in [-0.2, 0) is 20.7 Å². The predicted molar refractivity (Wildman–Crippen MR) is 94.4 cm³/mol. The molecule has 0 radical (unpaired) electrons. The SMILES string of the molecule is CCOC(=O)C(=CC=C(O)C(=S)OCC)CCc1ccccc1. The van der Waals surface area contributed by atoms with Crippen molar-refractivity contribution in [2.45, 2.75) is 26.7 Å². The van der Waals surface area contributed by atoms with Crippen molar-refractivity contribution in [3.63, 3.8) is 0 Å². The molecule has 0 amide bonds. The summed E-state index contributed by atoms with van der Waals surface area (Å²) in [6.07, 6.45) is 4.11. The van der Waals surface area contributed by atoms with E-state index in [1.807, 2.05) is 30.3 Å². The fraction of sp³-hybridized carbons (Fsp3) is 0.333. The standard InChI is InChI=1S/C18H22O4S/c1-3-21-17(20)15(11-10-14-8-6-5-7-9-14)12-13-16(19)18(23)22-4-2/h5-9,12-13,19H,3-4,10-11H2,1-2H3. The Morgan fingerprint density at radius 2 is 1.78 bits per heavy atom. The second kappa shape index (κ2) is 10.6. The summed E-state index contributed by atoms with van der Waals surface area (Å²) in [5.41, 5.74) is 1.60. The topological polar surface area (TPSA) is 55.8 Å². The molecule has 1 rings (SSSR count). The Balaban J connectivity index is 2.83. The number of hydrogen-bond donors (Lipinski definition) is 1. The van der Waals surface area contributed by atoms with E-state index in [4.69, 9.17) is 21.7 Å². The van der Waals surface area contributed by atoms with Gasteiger partial charge in [0.25, 0.3) is 0 Å². The molecular weight excluding hydrogens is 312 g/mol. The Morgan fingerprint density at radius 3 is 2.39 bits per heavy atom. The van der Waals surface area contributed by atoms with Gasteiger partial charge >= 0.3 is 5.97 Å². The van der Waals surface area contributed by atoms with Crippen LogP contribution in [0.4, 0.5) is 0 Å². The summed E-state index contributed by atoms with van der Waals surface area (Å²) >= 11 is 4.90. The summed E-state index contributed by atoms with van der Waals surface area (Å²) in [5.74, 6) is -0.571. The zero-order valence-electron chi connectivity index (χ0n) is 13.5. The lowest BCUT2D eigenvalue weighted by Gasteiger charge is -2.07. The highest BCUT2D eigenvalue weighted by Gasteiger charge is 2.11. The first-order valence-corrected chi connectivity index (χ1v) is 7.97. The second-order valence-electron chi connectivity index (χ2n) is 4.67. The zero-order chi connectivity index (χ0) is 17.1. The molecule has 124 valence electrons.